The van der Waals surface area contributed by atoms with Crippen molar-refractivity contribution in [1.29, 1.82) is 0 Å². The Morgan fingerprint density at radius 3 is 1.32 bits per heavy atom. The van der Waals surface area contributed by atoms with Crippen LogP contribution in [0.5, 0.6) is 0 Å². The Labute approximate surface area is 179 Å². The van der Waals surface area contributed by atoms with Gasteiger partial charge in [0.1, 0.15) is 0 Å². The minimum atomic E-state index is -0.416. The second kappa shape index (κ2) is 22.2. The van der Waals surface area contributed by atoms with Gasteiger partial charge in [-0.1, -0.05) is 104 Å². The van der Waals surface area contributed by atoms with E-state index in [4.69, 9.17) is 0 Å². The third-order valence-corrected chi connectivity index (χ3v) is 4.50. The average molecular weight is 365 g/mol. The molecule has 0 aliphatic heterocycles. The zero-order valence-electron chi connectivity index (χ0n) is 18.2. The van der Waals surface area contributed by atoms with Crippen molar-refractivity contribution in [3.63, 3.8) is 0 Å². The molecule has 0 amide bonds. The van der Waals surface area contributed by atoms with Crippen LogP contribution in [0.3, 0.4) is 0 Å². The van der Waals surface area contributed by atoms with E-state index in [1.165, 1.54) is 83.5 Å². The van der Waals surface area contributed by atoms with Crippen LogP contribution in [-0.2, 0) is 14.3 Å². The van der Waals surface area contributed by atoms with Crippen molar-refractivity contribution in [2.75, 3.05) is 0 Å². The summed E-state index contributed by atoms with van der Waals surface area (Å²) in [6.07, 6.45) is 20.3. The average Bonchev–Trinajstić information content (AvgIpc) is 2.58. The van der Waals surface area contributed by atoms with Crippen molar-refractivity contribution in [2.45, 2.75) is 123 Å². The van der Waals surface area contributed by atoms with E-state index < -0.39 is 5.97 Å². The Morgan fingerprint density at radius 2 is 0.960 bits per heavy atom. The quantitative estimate of drug-likeness (QED) is 0.170. The smallest absolute Gasteiger partial charge is 1.00 e. The molecule has 0 radical (unpaired) electrons. The monoisotopic (exact) mass is 364 g/mol. The van der Waals surface area contributed by atoms with Crippen LogP contribution in [0, 0.1) is 0 Å². The second-order valence-corrected chi connectivity index (χ2v) is 6.90. The third kappa shape index (κ3) is 22.1. The minimum Gasteiger partial charge on any atom is -1.00 e. The molecule has 0 aromatic heterocycles. The molecule has 0 aliphatic rings. The molecule has 0 unspecified atom stereocenters. The normalized spacial score (nSPS) is 10.3. The summed E-state index contributed by atoms with van der Waals surface area (Å²) in [6.45, 7) is 3.97. The Kier molecular flexibility index (Phi) is 24.3. The molecule has 0 N–H and O–H groups in total. The van der Waals surface area contributed by atoms with E-state index >= 15 is 0 Å². The van der Waals surface area contributed by atoms with Crippen LogP contribution in [0.15, 0.2) is 0 Å². The van der Waals surface area contributed by atoms with Crippen molar-refractivity contribution in [1.82, 2.24) is 0 Å². The summed E-state index contributed by atoms with van der Waals surface area (Å²) in [7, 11) is 0. The van der Waals surface area contributed by atoms with E-state index in [-0.39, 0.29) is 43.4 Å². The van der Waals surface area contributed by atoms with Gasteiger partial charge in [-0.15, -0.1) is 0 Å². The van der Waals surface area contributed by atoms with E-state index in [0.717, 1.165) is 12.8 Å². The van der Waals surface area contributed by atoms with Crippen LogP contribution in [-0.4, -0.2) is 11.9 Å². The predicted octanol–water partition coefficient (Wildman–Crippen LogP) is 3.84. The van der Waals surface area contributed by atoms with Gasteiger partial charge in [0, 0.05) is 12.8 Å². The third-order valence-electron chi connectivity index (χ3n) is 4.50. The number of unbranched alkanes of at least 4 members (excludes halogenated alkanes) is 14. The van der Waals surface area contributed by atoms with E-state index in [1.807, 2.05) is 0 Å². The number of hydrogen-bond acceptors (Lipinski definition) is 3. The molecule has 4 heteroatoms. The van der Waals surface area contributed by atoms with Crippen molar-refractivity contribution >= 4 is 11.9 Å². The summed E-state index contributed by atoms with van der Waals surface area (Å²) in [4.78, 5) is 22.2. The minimum absolute atomic E-state index is 0. The molecule has 0 saturated carbocycles. The van der Waals surface area contributed by atoms with Crippen LogP contribution in [0.4, 0.5) is 0 Å². The summed E-state index contributed by atoms with van der Waals surface area (Å²) in [6, 6.07) is 0. The number of carbonyl (C=O) groups excluding carboxylic acids is 2. The van der Waals surface area contributed by atoms with Crippen molar-refractivity contribution in [2.24, 2.45) is 0 Å². The maximum absolute atomic E-state index is 11.3. The maximum Gasteiger partial charge on any atom is 1.00 e. The molecule has 0 bridgehead atoms. The standard InChI is InChI=1S/C21H40O3.Na.H/c1-3-5-6-7-8-9-10-11-12-13-14-15-16-17-18-19-21(23)24-20(22)4-2;;/h3-19H2,1-2H3;;/q;+1;-1. The van der Waals surface area contributed by atoms with Crippen LogP contribution in [0.2, 0.25) is 0 Å². The van der Waals surface area contributed by atoms with E-state index in [1.54, 1.807) is 6.92 Å². The van der Waals surface area contributed by atoms with E-state index in [0.29, 0.717) is 6.42 Å². The van der Waals surface area contributed by atoms with Gasteiger partial charge in [-0.3, -0.25) is 9.59 Å². The molecular weight excluding hydrogens is 323 g/mol. The maximum atomic E-state index is 11.3. The molecule has 0 saturated heterocycles. The first-order valence-corrected chi connectivity index (χ1v) is 10.4. The second-order valence-electron chi connectivity index (χ2n) is 6.90. The summed E-state index contributed by atoms with van der Waals surface area (Å²) in [5, 5.41) is 0. The van der Waals surface area contributed by atoms with Gasteiger partial charge in [0.25, 0.3) is 0 Å². The van der Waals surface area contributed by atoms with Crippen LogP contribution >= 0.6 is 0 Å². The molecule has 0 fully saturated rings. The van der Waals surface area contributed by atoms with Gasteiger partial charge in [0.15, 0.2) is 0 Å². The van der Waals surface area contributed by atoms with Gasteiger partial charge in [0.2, 0.25) is 0 Å². The molecule has 144 valence electrons. The molecular formula is C21H41NaO3. The van der Waals surface area contributed by atoms with Crippen LogP contribution in [0.25, 0.3) is 0 Å². The fraction of sp³-hybridized carbons (Fsp3) is 0.905. The van der Waals surface area contributed by atoms with E-state index in [2.05, 4.69) is 11.7 Å². The summed E-state index contributed by atoms with van der Waals surface area (Å²) < 4.78 is 4.64. The zero-order valence-corrected chi connectivity index (χ0v) is 19.2. The first-order chi connectivity index (χ1) is 11.7. The van der Waals surface area contributed by atoms with Crippen LogP contribution < -0.4 is 29.6 Å². The Hall–Kier alpha value is 0.140. The Morgan fingerprint density at radius 1 is 0.600 bits per heavy atom. The topological polar surface area (TPSA) is 43.4 Å². The van der Waals surface area contributed by atoms with Gasteiger partial charge >= 0.3 is 41.5 Å². The molecule has 0 rings (SSSR count). The van der Waals surface area contributed by atoms with Gasteiger partial charge in [0.05, 0.1) is 0 Å². The largest absolute Gasteiger partial charge is 1.00 e. The van der Waals surface area contributed by atoms with Gasteiger partial charge in [-0.05, 0) is 6.42 Å². The predicted molar refractivity (Wildman–Crippen MR) is 102 cm³/mol. The number of rotatable bonds is 17. The zero-order chi connectivity index (χ0) is 17.9. The van der Waals surface area contributed by atoms with Gasteiger partial charge in [-0.2, -0.15) is 0 Å². The number of hydrogen-bond donors (Lipinski definition) is 0. The van der Waals surface area contributed by atoms with Crippen molar-refractivity contribution in [3.05, 3.63) is 0 Å². The van der Waals surface area contributed by atoms with Crippen molar-refractivity contribution in [3.8, 4) is 0 Å². The Bertz CT molecular complexity index is 312. The molecule has 25 heavy (non-hydrogen) atoms. The molecule has 0 aromatic carbocycles. The van der Waals surface area contributed by atoms with Crippen molar-refractivity contribution < 1.29 is 45.3 Å². The van der Waals surface area contributed by atoms with E-state index in [9.17, 15) is 9.59 Å². The Balaban J connectivity index is -0.00000264. The fourth-order valence-electron chi connectivity index (χ4n) is 2.89. The number of ether oxygens (including phenoxy) is 1. The summed E-state index contributed by atoms with van der Waals surface area (Å²) in [5.74, 6) is -0.780. The molecule has 0 aliphatic carbocycles. The summed E-state index contributed by atoms with van der Waals surface area (Å²) in [5.41, 5.74) is 0. The van der Waals surface area contributed by atoms with Crippen LogP contribution in [0.1, 0.15) is 124 Å². The molecule has 0 spiro atoms. The first kappa shape index (κ1) is 27.4. The molecule has 0 atom stereocenters. The van der Waals surface area contributed by atoms with Gasteiger partial charge in [-0.25, -0.2) is 0 Å². The SMILES string of the molecule is CCCCCCCCCCCCCCCCCC(=O)OC(=O)CC.[H-].[Na+]. The molecule has 3 nitrogen and oxygen atoms in total. The van der Waals surface area contributed by atoms with Gasteiger partial charge < -0.3 is 6.16 Å². The molecule has 0 heterocycles. The molecule has 0 aromatic rings. The fourth-order valence-corrected chi connectivity index (χ4v) is 2.89. The number of esters is 2. The first-order valence-electron chi connectivity index (χ1n) is 10.4. The summed E-state index contributed by atoms with van der Waals surface area (Å²) >= 11 is 0. The number of carbonyl (C=O) groups is 2.